The molecule has 0 radical (unpaired) electrons. The molecule has 1 unspecified atom stereocenters. The largest absolute Gasteiger partial charge is 0.396 e. The van der Waals surface area contributed by atoms with Gasteiger partial charge < -0.3 is 10.4 Å². The Kier molecular flexibility index (Phi) is 4.62. The van der Waals surface area contributed by atoms with E-state index in [2.05, 4.69) is 15.3 Å². The summed E-state index contributed by atoms with van der Waals surface area (Å²) >= 11 is 5.68. The van der Waals surface area contributed by atoms with Crippen molar-refractivity contribution in [3.05, 3.63) is 17.5 Å². The van der Waals surface area contributed by atoms with Crippen LogP contribution in [0.25, 0.3) is 0 Å². The fraction of sp³-hybridized carbons (Fsp3) is 0.556. The lowest BCUT2D eigenvalue weighted by Crippen LogP contribution is -2.16. The smallest absolute Gasteiger partial charge is 0.149 e. The first-order valence-corrected chi connectivity index (χ1v) is 4.95. The van der Waals surface area contributed by atoms with Gasteiger partial charge in [0.2, 0.25) is 0 Å². The Bertz CT molecular complexity index is 283. The van der Waals surface area contributed by atoms with Gasteiger partial charge in [-0.2, -0.15) is 0 Å². The van der Waals surface area contributed by atoms with Gasteiger partial charge in [0.05, 0.1) is 12.4 Å². The summed E-state index contributed by atoms with van der Waals surface area (Å²) in [5.74, 6) is 0.669. The summed E-state index contributed by atoms with van der Waals surface area (Å²) in [6, 6.07) is 0.259. The van der Waals surface area contributed by atoms with Crippen LogP contribution < -0.4 is 5.32 Å². The minimum absolute atomic E-state index is 0.216. The fourth-order valence-electron chi connectivity index (χ4n) is 1.13. The summed E-state index contributed by atoms with van der Waals surface area (Å²) in [5, 5.41) is 12.2. The number of hydrogen-bond acceptors (Lipinski definition) is 4. The van der Waals surface area contributed by atoms with Crippen LogP contribution in [0.1, 0.15) is 19.8 Å². The lowest BCUT2D eigenvalue weighted by Gasteiger charge is -2.13. The van der Waals surface area contributed by atoms with Crippen molar-refractivity contribution in [1.29, 1.82) is 0 Å². The zero-order chi connectivity index (χ0) is 10.4. The van der Waals surface area contributed by atoms with E-state index >= 15 is 0 Å². The third kappa shape index (κ3) is 3.89. The molecular weight excluding hydrogens is 202 g/mol. The quantitative estimate of drug-likeness (QED) is 0.785. The average molecular weight is 216 g/mol. The second-order valence-corrected chi connectivity index (χ2v) is 3.53. The van der Waals surface area contributed by atoms with Gasteiger partial charge in [-0.25, -0.2) is 4.98 Å². The highest BCUT2D eigenvalue weighted by Gasteiger charge is 2.02. The van der Waals surface area contributed by atoms with Gasteiger partial charge in [0, 0.05) is 12.6 Å². The van der Waals surface area contributed by atoms with E-state index in [9.17, 15) is 0 Å². The number of aliphatic hydroxyl groups excluding tert-OH is 1. The normalized spacial score (nSPS) is 12.5. The van der Waals surface area contributed by atoms with E-state index in [1.807, 2.05) is 6.92 Å². The molecule has 1 atom stereocenters. The predicted octanol–water partition coefficient (Wildman–Crippen LogP) is 1.70. The van der Waals surface area contributed by atoms with Crippen molar-refractivity contribution >= 4 is 17.4 Å². The number of hydrogen-bond donors (Lipinski definition) is 2. The zero-order valence-corrected chi connectivity index (χ0v) is 8.83. The predicted molar refractivity (Wildman–Crippen MR) is 56.4 cm³/mol. The lowest BCUT2D eigenvalue weighted by molar-refractivity contribution is 0.282. The molecule has 4 nitrogen and oxygen atoms in total. The number of nitrogens with zero attached hydrogens (tertiary/aromatic N) is 2. The maximum atomic E-state index is 8.65. The van der Waals surface area contributed by atoms with Gasteiger partial charge in [0.15, 0.2) is 0 Å². The molecule has 0 aliphatic carbocycles. The molecular formula is C9H14ClN3O. The molecule has 1 aromatic heterocycles. The molecule has 0 bridgehead atoms. The molecule has 0 amide bonds. The van der Waals surface area contributed by atoms with Gasteiger partial charge in [0.25, 0.3) is 0 Å². The molecule has 2 N–H and O–H groups in total. The topological polar surface area (TPSA) is 58.0 Å². The van der Waals surface area contributed by atoms with Gasteiger partial charge in [0.1, 0.15) is 11.0 Å². The highest BCUT2D eigenvalue weighted by molar-refractivity contribution is 6.29. The maximum absolute atomic E-state index is 8.65. The van der Waals surface area contributed by atoms with Crippen LogP contribution in [0.2, 0.25) is 5.15 Å². The van der Waals surface area contributed by atoms with Crippen molar-refractivity contribution in [2.45, 2.75) is 25.8 Å². The highest BCUT2D eigenvalue weighted by atomic mass is 35.5. The lowest BCUT2D eigenvalue weighted by atomic mass is 10.2. The molecule has 0 saturated heterocycles. The average Bonchev–Trinajstić information content (AvgIpc) is 2.15. The van der Waals surface area contributed by atoms with E-state index in [-0.39, 0.29) is 12.6 Å². The van der Waals surface area contributed by atoms with Crippen LogP contribution in [-0.4, -0.2) is 27.7 Å². The Morgan fingerprint density at radius 1 is 1.57 bits per heavy atom. The SMILES string of the molecule is CC(CCCO)Nc1cncc(Cl)n1. The van der Waals surface area contributed by atoms with Crippen LogP contribution in [0.4, 0.5) is 5.82 Å². The summed E-state index contributed by atoms with van der Waals surface area (Å²) in [6.07, 6.45) is 4.79. The van der Waals surface area contributed by atoms with Crippen LogP contribution in [0, 0.1) is 0 Å². The standard InChI is InChI=1S/C9H14ClN3O/c1-7(3-2-4-14)12-9-6-11-5-8(10)13-9/h5-7,14H,2-4H2,1H3,(H,12,13). The van der Waals surface area contributed by atoms with Crippen molar-refractivity contribution in [3.8, 4) is 0 Å². The molecule has 1 heterocycles. The molecule has 0 fully saturated rings. The van der Waals surface area contributed by atoms with E-state index in [0.717, 1.165) is 12.8 Å². The van der Waals surface area contributed by atoms with Crippen LogP contribution >= 0.6 is 11.6 Å². The Morgan fingerprint density at radius 3 is 3.00 bits per heavy atom. The monoisotopic (exact) mass is 215 g/mol. The third-order valence-electron chi connectivity index (χ3n) is 1.79. The molecule has 1 aromatic rings. The summed E-state index contributed by atoms with van der Waals surface area (Å²) in [4.78, 5) is 7.96. The van der Waals surface area contributed by atoms with E-state index in [4.69, 9.17) is 16.7 Å². The number of aliphatic hydroxyl groups is 1. The number of rotatable bonds is 5. The summed E-state index contributed by atoms with van der Waals surface area (Å²) in [7, 11) is 0. The van der Waals surface area contributed by atoms with Crippen molar-refractivity contribution in [3.63, 3.8) is 0 Å². The fourth-order valence-corrected chi connectivity index (χ4v) is 1.28. The van der Waals surface area contributed by atoms with Gasteiger partial charge in [-0.05, 0) is 19.8 Å². The zero-order valence-electron chi connectivity index (χ0n) is 8.07. The summed E-state index contributed by atoms with van der Waals surface area (Å²) in [6.45, 7) is 2.24. The minimum atomic E-state index is 0.216. The molecule has 0 spiro atoms. The second kappa shape index (κ2) is 5.78. The molecule has 14 heavy (non-hydrogen) atoms. The van der Waals surface area contributed by atoms with Gasteiger partial charge >= 0.3 is 0 Å². The summed E-state index contributed by atoms with van der Waals surface area (Å²) < 4.78 is 0. The Morgan fingerprint density at radius 2 is 2.36 bits per heavy atom. The molecule has 5 heteroatoms. The highest BCUT2D eigenvalue weighted by Crippen LogP contribution is 2.09. The first kappa shape index (κ1) is 11.2. The number of nitrogens with one attached hydrogen (secondary N) is 1. The summed E-state index contributed by atoms with van der Waals surface area (Å²) in [5.41, 5.74) is 0. The molecule has 0 saturated carbocycles. The van der Waals surface area contributed by atoms with E-state index in [0.29, 0.717) is 11.0 Å². The van der Waals surface area contributed by atoms with E-state index < -0.39 is 0 Å². The van der Waals surface area contributed by atoms with Crippen LogP contribution in [0.15, 0.2) is 12.4 Å². The number of halogens is 1. The maximum Gasteiger partial charge on any atom is 0.149 e. The van der Waals surface area contributed by atoms with E-state index in [1.165, 1.54) is 6.20 Å². The molecule has 78 valence electrons. The van der Waals surface area contributed by atoms with E-state index in [1.54, 1.807) is 6.20 Å². The van der Waals surface area contributed by atoms with Crippen LogP contribution in [0.5, 0.6) is 0 Å². The molecule has 0 aliphatic rings. The Labute approximate surface area is 88.3 Å². The number of anilines is 1. The van der Waals surface area contributed by atoms with Gasteiger partial charge in [-0.15, -0.1) is 0 Å². The van der Waals surface area contributed by atoms with Gasteiger partial charge in [-0.3, -0.25) is 4.98 Å². The third-order valence-corrected chi connectivity index (χ3v) is 1.98. The second-order valence-electron chi connectivity index (χ2n) is 3.14. The van der Waals surface area contributed by atoms with Crippen molar-refractivity contribution in [2.75, 3.05) is 11.9 Å². The molecule has 0 aromatic carbocycles. The molecule has 0 aliphatic heterocycles. The van der Waals surface area contributed by atoms with Crippen LogP contribution in [-0.2, 0) is 0 Å². The number of aromatic nitrogens is 2. The Hall–Kier alpha value is -0.870. The first-order valence-electron chi connectivity index (χ1n) is 4.57. The van der Waals surface area contributed by atoms with Crippen molar-refractivity contribution < 1.29 is 5.11 Å². The minimum Gasteiger partial charge on any atom is -0.396 e. The van der Waals surface area contributed by atoms with Crippen LogP contribution in [0.3, 0.4) is 0 Å². The van der Waals surface area contributed by atoms with Crippen molar-refractivity contribution in [2.24, 2.45) is 0 Å². The Balaban J connectivity index is 2.43. The van der Waals surface area contributed by atoms with Crippen molar-refractivity contribution in [1.82, 2.24) is 9.97 Å². The first-order chi connectivity index (χ1) is 6.72. The molecule has 1 rings (SSSR count). The van der Waals surface area contributed by atoms with Gasteiger partial charge in [-0.1, -0.05) is 11.6 Å².